The highest BCUT2D eigenvalue weighted by Gasteiger charge is 2.15. The van der Waals surface area contributed by atoms with Crippen molar-refractivity contribution in [3.63, 3.8) is 0 Å². The van der Waals surface area contributed by atoms with E-state index in [4.69, 9.17) is 5.21 Å². The molecule has 0 aromatic carbocycles. The van der Waals surface area contributed by atoms with Crippen molar-refractivity contribution < 1.29 is 5.21 Å². The van der Waals surface area contributed by atoms with Gasteiger partial charge in [0.05, 0.1) is 6.04 Å². The molecule has 0 aromatic heterocycles. The second-order valence-electron chi connectivity index (χ2n) is 3.38. The maximum absolute atomic E-state index is 8.57. The number of halogens is 1. The van der Waals surface area contributed by atoms with E-state index in [9.17, 15) is 0 Å². The zero-order valence-corrected chi connectivity index (χ0v) is 8.94. The zero-order chi connectivity index (χ0) is 8.81. The summed E-state index contributed by atoms with van der Waals surface area (Å²) < 4.78 is 0. The highest BCUT2D eigenvalue weighted by Crippen LogP contribution is 2.17. The molecule has 1 heterocycles. The van der Waals surface area contributed by atoms with Crippen LogP contribution in [0.1, 0.15) is 45.4 Å². The number of unbranched alkanes of at least 4 members (excludes halogenated alkanes) is 2. The molecule has 0 bridgehead atoms. The lowest BCUT2D eigenvalue weighted by Crippen LogP contribution is -2.15. The Balaban J connectivity index is 0.00000144. The fraction of sp³-hybridized carbons (Fsp3) is 0.889. The van der Waals surface area contributed by atoms with Gasteiger partial charge in [-0.2, -0.15) is 0 Å². The summed E-state index contributed by atoms with van der Waals surface area (Å²) in [5.74, 6) is 0.761. The van der Waals surface area contributed by atoms with E-state index in [0.717, 1.165) is 18.7 Å². The van der Waals surface area contributed by atoms with E-state index >= 15 is 0 Å². The minimum absolute atomic E-state index is 0. The average Bonchev–Trinajstić information content (AvgIpc) is 2.53. The number of hydrogen-bond acceptors (Lipinski definition) is 3. The Hall–Kier alpha value is -0.280. The van der Waals surface area contributed by atoms with E-state index < -0.39 is 0 Å². The highest BCUT2D eigenvalue weighted by molar-refractivity contribution is 5.85. The molecule has 0 fully saturated rings. The third-order valence-electron chi connectivity index (χ3n) is 2.32. The van der Waals surface area contributed by atoms with Crippen molar-refractivity contribution in [3.05, 3.63) is 0 Å². The van der Waals surface area contributed by atoms with Gasteiger partial charge in [0.15, 0.2) is 0 Å². The minimum atomic E-state index is 0. The van der Waals surface area contributed by atoms with Gasteiger partial charge in [-0.15, -0.1) is 12.4 Å². The Labute approximate surface area is 86.0 Å². The molecule has 0 spiro atoms. The van der Waals surface area contributed by atoms with Crippen LogP contribution in [-0.2, 0) is 0 Å². The van der Waals surface area contributed by atoms with Gasteiger partial charge < -0.3 is 0 Å². The molecule has 13 heavy (non-hydrogen) atoms. The Kier molecular flexibility index (Phi) is 7.00. The Morgan fingerprint density at radius 1 is 1.54 bits per heavy atom. The minimum Gasteiger partial charge on any atom is -0.290 e. The second kappa shape index (κ2) is 7.15. The van der Waals surface area contributed by atoms with E-state index in [1.54, 1.807) is 0 Å². The molecule has 0 aliphatic carbocycles. The van der Waals surface area contributed by atoms with Crippen LogP contribution in [0.2, 0.25) is 0 Å². The standard InChI is InChI=1S/C9H18N2O.ClH/c1-2-3-4-5-8-6-7-9(10-8)11-12;/h8,12H,2-7H2,1H3,(H,10,11);1H. The van der Waals surface area contributed by atoms with E-state index in [0.29, 0.717) is 6.04 Å². The summed E-state index contributed by atoms with van der Waals surface area (Å²) in [6, 6.07) is 0.464. The van der Waals surface area contributed by atoms with Crippen molar-refractivity contribution in [3.8, 4) is 0 Å². The molecule has 0 amide bonds. The number of nitrogens with zero attached hydrogens (tertiary/aromatic N) is 1. The summed E-state index contributed by atoms with van der Waals surface area (Å²) in [5.41, 5.74) is 2.13. The number of aliphatic imine (C=N–C) groups is 1. The Morgan fingerprint density at radius 3 is 2.85 bits per heavy atom. The van der Waals surface area contributed by atoms with Gasteiger partial charge in [-0.1, -0.05) is 26.2 Å². The summed E-state index contributed by atoms with van der Waals surface area (Å²) in [7, 11) is 0. The van der Waals surface area contributed by atoms with Crippen molar-refractivity contribution in [2.24, 2.45) is 4.99 Å². The maximum Gasteiger partial charge on any atom is 0.120 e. The molecular formula is C9H19ClN2O. The lowest BCUT2D eigenvalue weighted by molar-refractivity contribution is 0.232. The van der Waals surface area contributed by atoms with Gasteiger partial charge in [-0.25, -0.2) is 0 Å². The molecule has 1 atom stereocenters. The summed E-state index contributed by atoms with van der Waals surface area (Å²) in [6.07, 6.45) is 7.03. The Bertz CT molecular complexity index is 162. The van der Waals surface area contributed by atoms with Crippen LogP contribution in [0.25, 0.3) is 0 Å². The molecule has 1 aliphatic rings. The van der Waals surface area contributed by atoms with Gasteiger partial charge in [-0.05, 0) is 12.8 Å². The van der Waals surface area contributed by atoms with Gasteiger partial charge in [-0.3, -0.25) is 15.7 Å². The van der Waals surface area contributed by atoms with Crippen molar-refractivity contribution in [1.82, 2.24) is 5.48 Å². The highest BCUT2D eigenvalue weighted by atomic mass is 35.5. The molecule has 0 saturated heterocycles. The quantitative estimate of drug-likeness (QED) is 0.549. The summed E-state index contributed by atoms with van der Waals surface area (Å²) in [5, 5.41) is 8.57. The molecule has 1 aliphatic heterocycles. The smallest absolute Gasteiger partial charge is 0.120 e. The van der Waals surface area contributed by atoms with Gasteiger partial charge in [0.2, 0.25) is 0 Å². The number of hydroxylamine groups is 1. The van der Waals surface area contributed by atoms with E-state index in [-0.39, 0.29) is 12.4 Å². The molecule has 0 radical (unpaired) electrons. The lowest BCUT2D eigenvalue weighted by Gasteiger charge is -2.03. The first kappa shape index (κ1) is 12.7. The van der Waals surface area contributed by atoms with Crippen LogP contribution in [0.4, 0.5) is 0 Å². The summed E-state index contributed by atoms with van der Waals surface area (Å²) in [4.78, 5) is 4.33. The van der Waals surface area contributed by atoms with Gasteiger partial charge in [0, 0.05) is 6.42 Å². The van der Waals surface area contributed by atoms with E-state index in [1.165, 1.54) is 25.7 Å². The molecule has 1 rings (SSSR count). The molecule has 0 saturated carbocycles. The zero-order valence-electron chi connectivity index (χ0n) is 8.12. The molecule has 0 aromatic rings. The lowest BCUT2D eigenvalue weighted by atomic mass is 10.1. The molecule has 4 heteroatoms. The van der Waals surface area contributed by atoms with Crippen molar-refractivity contribution in [1.29, 1.82) is 0 Å². The molecule has 1 unspecified atom stereocenters. The predicted molar refractivity (Wildman–Crippen MR) is 56.8 cm³/mol. The third-order valence-corrected chi connectivity index (χ3v) is 2.32. The normalized spacial score (nSPS) is 20.8. The molecule has 2 N–H and O–H groups in total. The van der Waals surface area contributed by atoms with Crippen LogP contribution in [0, 0.1) is 0 Å². The van der Waals surface area contributed by atoms with Crippen LogP contribution >= 0.6 is 12.4 Å². The number of nitrogens with one attached hydrogen (secondary N) is 1. The van der Waals surface area contributed by atoms with Crippen LogP contribution in [-0.4, -0.2) is 17.1 Å². The first-order valence-corrected chi connectivity index (χ1v) is 4.83. The fourth-order valence-corrected chi connectivity index (χ4v) is 1.58. The van der Waals surface area contributed by atoms with Gasteiger partial charge in [0.1, 0.15) is 5.84 Å². The van der Waals surface area contributed by atoms with Crippen LogP contribution in [0.15, 0.2) is 4.99 Å². The first-order chi connectivity index (χ1) is 5.86. The number of amidine groups is 1. The fourth-order valence-electron chi connectivity index (χ4n) is 1.58. The van der Waals surface area contributed by atoms with Crippen molar-refractivity contribution in [2.45, 2.75) is 51.5 Å². The molecule has 78 valence electrons. The predicted octanol–water partition coefficient (Wildman–Crippen LogP) is 2.53. The maximum atomic E-state index is 8.57. The van der Waals surface area contributed by atoms with Gasteiger partial charge >= 0.3 is 0 Å². The van der Waals surface area contributed by atoms with Crippen LogP contribution < -0.4 is 5.48 Å². The largest absolute Gasteiger partial charge is 0.290 e. The van der Waals surface area contributed by atoms with Crippen LogP contribution in [0.3, 0.4) is 0 Å². The molecular weight excluding hydrogens is 188 g/mol. The summed E-state index contributed by atoms with van der Waals surface area (Å²) >= 11 is 0. The molecule has 3 nitrogen and oxygen atoms in total. The van der Waals surface area contributed by atoms with E-state index in [2.05, 4.69) is 17.4 Å². The third kappa shape index (κ3) is 4.48. The van der Waals surface area contributed by atoms with E-state index in [1.807, 2.05) is 0 Å². The second-order valence-corrected chi connectivity index (χ2v) is 3.38. The summed E-state index contributed by atoms with van der Waals surface area (Å²) in [6.45, 7) is 2.21. The first-order valence-electron chi connectivity index (χ1n) is 4.83. The number of hydrogen-bond donors (Lipinski definition) is 2. The SMILES string of the molecule is CCCCCC1CCC(NO)=N1.Cl. The Morgan fingerprint density at radius 2 is 2.31 bits per heavy atom. The van der Waals surface area contributed by atoms with Crippen molar-refractivity contribution in [2.75, 3.05) is 0 Å². The topological polar surface area (TPSA) is 44.6 Å². The number of rotatable bonds is 4. The van der Waals surface area contributed by atoms with Crippen molar-refractivity contribution >= 4 is 18.2 Å². The van der Waals surface area contributed by atoms with Crippen LogP contribution in [0.5, 0.6) is 0 Å². The average molecular weight is 207 g/mol. The van der Waals surface area contributed by atoms with Gasteiger partial charge in [0.25, 0.3) is 0 Å². The monoisotopic (exact) mass is 206 g/mol.